The number of ether oxygens (including phenoxy) is 1. The maximum absolute atomic E-state index is 12.6. The van der Waals surface area contributed by atoms with Crippen LogP contribution in [-0.2, 0) is 6.54 Å². The van der Waals surface area contributed by atoms with Crippen LogP contribution in [0.5, 0.6) is 5.75 Å². The van der Waals surface area contributed by atoms with Gasteiger partial charge in [-0.15, -0.1) is 0 Å². The highest BCUT2D eigenvalue weighted by atomic mass is 19.3. The summed E-state index contributed by atoms with van der Waals surface area (Å²) in [6.45, 7) is -1.34. The second-order valence-corrected chi connectivity index (χ2v) is 3.47. The van der Waals surface area contributed by atoms with E-state index in [1.807, 2.05) is 0 Å². The second-order valence-electron chi connectivity index (χ2n) is 3.47. The predicted octanol–water partition coefficient (Wildman–Crippen LogP) is 1.41. The largest absolute Gasteiger partial charge is 0.497 e. The van der Waals surface area contributed by atoms with Gasteiger partial charge in [0.15, 0.2) is 0 Å². The molecule has 5 heteroatoms. The summed E-state index contributed by atoms with van der Waals surface area (Å²) in [5, 5.41) is 10.9. The Hall–Kier alpha value is -1.20. The minimum atomic E-state index is -3.06. The van der Waals surface area contributed by atoms with Crippen LogP contribution < -0.4 is 10.1 Å². The standard InChI is InChI=1S/C11H15F2NO2/c1-16-10-4-2-9(3-5-10)6-14-7-11(12,13)8-15/h2-5,14-15H,6-8H2,1H3. The first-order valence-corrected chi connectivity index (χ1v) is 4.90. The lowest BCUT2D eigenvalue weighted by atomic mass is 10.2. The number of aliphatic hydroxyl groups excluding tert-OH is 1. The smallest absolute Gasteiger partial charge is 0.282 e. The third kappa shape index (κ3) is 4.12. The molecule has 0 heterocycles. The Balaban J connectivity index is 2.37. The van der Waals surface area contributed by atoms with Gasteiger partial charge in [0, 0.05) is 6.54 Å². The van der Waals surface area contributed by atoms with E-state index in [1.165, 1.54) is 0 Å². The van der Waals surface area contributed by atoms with Crippen molar-refractivity contribution in [1.29, 1.82) is 0 Å². The normalized spacial score (nSPS) is 11.5. The molecule has 1 rings (SSSR count). The van der Waals surface area contributed by atoms with Gasteiger partial charge in [-0.1, -0.05) is 12.1 Å². The van der Waals surface area contributed by atoms with Gasteiger partial charge >= 0.3 is 0 Å². The molecule has 2 N–H and O–H groups in total. The molecule has 0 fully saturated rings. The van der Waals surface area contributed by atoms with E-state index in [4.69, 9.17) is 9.84 Å². The predicted molar refractivity (Wildman–Crippen MR) is 56.7 cm³/mol. The minimum Gasteiger partial charge on any atom is -0.497 e. The molecule has 0 amide bonds. The van der Waals surface area contributed by atoms with E-state index in [2.05, 4.69) is 5.32 Å². The summed E-state index contributed by atoms with van der Waals surface area (Å²) in [6, 6.07) is 7.12. The Morgan fingerprint density at radius 3 is 2.44 bits per heavy atom. The molecule has 0 radical (unpaired) electrons. The third-order valence-corrected chi connectivity index (χ3v) is 2.10. The van der Waals surface area contributed by atoms with Gasteiger partial charge in [-0.25, -0.2) is 8.78 Å². The van der Waals surface area contributed by atoms with E-state index in [1.54, 1.807) is 31.4 Å². The highest BCUT2D eigenvalue weighted by Gasteiger charge is 2.26. The minimum absolute atomic E-state index is 0.333. The molecule has 0 saturated heterocycles. The van der Waals surface area contributed by atoms with Crippen molar-refractivity contribution in [2.75, 3.05) is 20.3 Å². The number of halogens is 2. The quantitative estimate of drug-likeness (QED) is 0.777. The van der Waals surface area contributed by atoms with Gasteiger partial charge < -0.3 is 15.2 Å². The van der Waals surface area contributed by atoms with Crippen molar-refractivity contribution in [3.63, 3.8) is 0 Å². The van der Waals surface area contributed by atoms with Crippen molar-refractivity contribution < 1.29 is 18.6 Å². The molecule has 1 aromatic rings. The first kappa shape index (κ1) is 12.9. The molecule has 0 bridgehead atoms. The number of rotatable bonds is 6. The number of benzene rings is 1. The fourth-order valence-electron chi connectivity index (χ4n) is 1.19. The van der Waals surface area contributed by atoms with E-state index >= 15 is 0 Å². The number of alkyl halides is 2. The molecular formula is C11H15F2NO2. The van der Waals surface area contributed by atoms with Crippen molar-refractivity contribution in [2.45, 2.75) is 12.5 Å². The first-order valence-electron chi connectivity index (χ1n) is 4.90. The van der Waals surface area contributed by atoms with Gasteiger partial charge in [-0.2, -0.15) is 0 Å². The molecule has 0 saturated carbocycles. The average molecular weight is 231 g/mol. The van der Waals surface area contributed by atoms with Gasteiger partial charge in [0.25, 0.3) is 5.92 Å². The zero-order valence-electron chi connectivity index (χ0n) is 9.04. The molecule has 16 heavy (non-hydrogen) atoms. The molecule has 0 atom stereocenters. The van der Waals surface area contributed by atoms with Crippen LogP contribution in [0.4, 0.5) is 8.78 Å². The van der Waals surface area contributed by atoms with Crippen LogP contribution in [0.25, 0.3) is 0 Å². The molecule has 3 nitrogen and oxygen atoms in total. The van der Waals surface area contributed by atoms with E-state index in [-0.39, 0.29) is 0 Å². The number of aliphatic hydroxyl groups is 1. The van der Waals surface area contributed by atoms with E-state index in [9.17, 15) is 8.78 Å². The SMILES string of the molecule is COc1ccc(CNCC(F)(F)CO)cc1. The molecular weight excluding hydrogens is 216 g/mol. The first-order chi connectivity index (χ1) is 7.57. The van der Waals surface area contributed by atoms with Gasteiger partial charge in [-0.3, -0.25) is 0 Å². The topological polar surface area (TPSA) is 41.5 Å². The Kier molecular flexibility index (Phi) is 4.64. The van der Waals surface area contributed by atoms with Crippen LogP contribution >= 0.6 is 0 Å². The van der Waals surface area contributed by atoms with Crippen molar-refractivity contribution in [2.24, 2.45) is 0 Å². The van der Waals surface area contributed by atoms with Crippen molar-refractivity contribution in [1.82, 2.24) is 5.32 Å². The molecule has 90 valence electrons. The average Bonchev–Trinajstić information content (AvgIpc) is 2.30. The fourth-order valence-corrected chi connectivity index (χ4v) is 1.19. The summed E-state index contributed by atoms with van der Waals surface area (Å²) in [6.07, 6.45) is 0. The number of methoxy groups -OCH3 is 1. The summed E-state index contributed by atoms with van der Waals surface area (Å²) in [5.41, 5.74) is 0.884. The monoisotopic (exact) mass is 231 g/mol. The van der Waals surface area contributed by atoms with E-state index < -0.39 is 19.1 Å². The Labute approximate surface area is 93.0 Å². The lowest BCUT2D eigenvalue weighted by Gasteiger charge is -2.13. The Morgan fingerprint density at radius 1 is 1.31 bits per heavy atom. The summed E-state index contributed by atoms with van der Waals surface area (Å²) >= 11 is 0. The number of nitrogens with one attached hydrogen (secondary N) is 1. The second kappa shape index (κ2) is 5.77. The molecule has 0 aliphatic rings. The van der Waals surface area contributed by atoms with E-state index in [0.717, 1.165) is 11.3 Å². The van der Waals surface area contributed by atoms with Gasteiger partial charge in [0.1, 0.15) is 12.4 Å². The maximum Gasteiger partial charge on any atom is 0.282 e. The lowest BCUT2D eigenvalue weighted by Crippen LogP contribution is -2.35. The Bertz CT molecular complexity index is 314. The molecule has 1 aromatic carbocycles. The third-order valence-electron chi connectivity index (χ3n) is 2.10. The summed E-state index contributed by atoms with van der Waals surface area (Å²) < 4.78 is 30.3. The summed E-state index contributed by atoms with van der Waals surface area (Å²) in [7, 11) is 1.56. The van der Waals surface area contributed by atoms with Gasteiger partial charge in [0.2, 0.25) is 0 Å². The zero-order valence-corrected chi connectivity index (χ0v) is 9.04. The van der Waals surface area contributed by atoms with Gasteiger partial charge in [-0.05, 0) is 17.7 Å². The maximum atomic E-state index is 12.6. The van der Waals surface area contributed by atoms with E-state index in [0.29, 0.717) is 6.54 Å². The van der Waals surface area contributed by atoms with Crippen LogP contribution in [0.1, 0.15) is 5.56 Å². The highest BCUT2D eigenvalue weighted by molar-refractivity contribution is 5.26. The number of hydrogen-bond donors (Lipinski definition) is 2. The zero-order chi connectivity index (χ0) is 12.0. The lowest BCUT2D eigenvalue weighted by molar-refractivity contribution is -0.0477. The fraction of sp³-hybridized carbons (Fsp3) is 0.455. The van der Waals surface area contributed by atoms with Crippen molar-refractivity contribution >= 4 is 0 Å². The summed E-state index contributed by atoms with van der Waals surface area (Å²) in [4.78, 5) is 0. The van der Waals surface area contributed by atoms with Crippen molar-refractivity contribution in [3.05, 3.63) is 29.8 Å². The molecule has 0 spiro atoms. The van der Waals surface area contributed by atoms with Crippen LogP contribution in [0.15, 0.2) is 24.3 Å². The van der Waals surface area contributed by atoms with Crippen LogP contribution in [0.3, 0.4) is 0 Å². The molecule has 0 aliphatic heterocycles. The van der Waals surface area contributed by atoms with Crippen LogP contribution in [0, 0.1) is 0 Å². The van der Waals surface area contributed by atoms with Crippen LogP contribution in [0.2, 0.25) is 0 Å². The summed E-state index contributed by atoms with van der Waals surface area (Å²) in [5.74, 6) is -2.34. The highest BCUT2D eigenvalue weighted by Crippen LogP contribution is 2.12. The van der Waals surface area contributed by atoms with Crippen molar-refractivity contribution in [3.8, 4) is 5.75 Å². The molecule has 0 aliphatic carbocycles. The van der Waals surface area contributed by atoms with Crippen LogP contribution in [-0.4, -0.2) is 31.3 Å². The Morgan fingerprint density at radius 2 is 1.94 bits per heavy atom. The number of hydrogen-bond acceptors (Lipinski definition) is 3. The molecule has 0 aromatic heterocycles. The molecule has 0 unspecified atom stereocenters. The van der Waals surface area contributed by atoms with Gasteiger partial charge in [0.05, 0.1) is 13.7 Å².